The van der Waals surface area contributed by atoms with Gasteiger partial charge in [-0.15, -0.1) is 0 Å². The fourth-order valence-corrected chi connectivity index (χ4v) is 5.39. The summed E-state index contributed by atoms with van der Waals surface area (Å²) in [4.78, 5) is 4.20. The third kappa shape index (κ3) is 2.62. The Bertz CT molecular complexity index is 570. The van der Waals surface area contributed by atoms with Crippen molar-refractivity contribution in [2.45, 2.75) is 23.5 Å². The second-order valence-corrected chi connectivity index (χ2v) is 7.57. The predicted octanol–water partition coefficient (Wildman–Crippen LogP) is 3.51. The largest absolute Gasteiger partial charge is 0.387 e. The Morgan fingerprint density at radius 1 is 1.26 bits per heavy atom. The number of hydrogen-bond acceptors (Lipinski definition) is 4. The van der Waals surface area contributed by atoms with E-state index in [0.717, 1.165) is 22.1 Å². The topological polar surface area (TPSA) is 33.1 Å². The molecule has 100 valence electrons. The van der Waals surface area contributed by atoms with Crippen molar-refractivity contribution >= 4 is 34.3 Å². The maximum Gasteiger partial charge on any atom is 0.0925 e. The Balaban J connectivity index is 1.99. The summed E-state index contributed by atoms with van der Waals surface area (Å²) >= 11 is 3.85. The van der Waals surface area contributed by atoms with Crippen LogP contribution in [0.25, 0.3) is 10.8 Å². The lowest BCUT2D eigenvalue weighted by Gasteiger charge is -2.32. The standard InChI is InChI=1S/C15H17NOS2/c1-10-15(19-8-7-18-10)14(17)12-4-2-3-11-5-6-16-9-13(11)12/h2-6,9-10,14-15,17H,7-8H2,1H3. The van der Waals surface area contributed by atoms with Gasteiger partial charge in [-0.1, -0.05) is 25.1 Å². The minimum atomic E-state index is -0.416. The van der Waals surface area contributed by atoms with Gasteiger partial charge in [-0.25, -0.2) is 0 Å². The quantitative estimate of drug-likeness (QED) is 0.918. The molecule has 0 radical (unpaired) electrons. The van der Waals surface area contributed by atoms with Crippen molar-refractivity contribution in [2.75, 3.05) is 11.5 Å². The highest BCUT2D eigenvalue weighted by molar-refractivity contribution is 8.07. The number of aromatic nitrogens is 1. The lowest BCUT2D eigenvalue weighted by atomic mass is 9.99. The van der Waals surface area contributed by atoms with Crippen LogP contribution in [0.1, 0.15) is 18.6 Å². The molecule has 1 fully saturated rings. The molecule has 3 unspecified atom stereocenters. The highest BCUT2D eigenvalue weighted by Gasteiger charge is 2.30. The van der Waals surface area contributed by atoms with Crippen molar-refractivity contribution in [3.05, 3.63) is 42.2 Å². The number of aliphatic hydroxyl groups excluding tert-OH is 1. The number of rotatable bonds is 2. The van der Waals surface area contributed by atoms with Crippen LogP contribution in [0.3, 0.4) is 0 Å². The molecule has 4 heteroatoms. The monoisotopic (exact) mass is 291 g/mol. The zero-order valence-corrected chi connectivity index (χ0v) is 12.5. The van der Waals surface area contributed by atoms with Crippen molar-refractivity contribution in [1.29, 1.82) is 0 Å². The number of fused-ring (bicyclic) bond motifs is 1. The fraction of sp³-hybridized carbons (Fsp3) is 0.400. The maximum atomic E-state index is 10.8. The summed E-state index contributed by atoms with van der Waals surface area (Å²) in [6.45, 7) is 2.22. The van der Waals surface area contributed by atoms with Gasteiger partial charge in [0.15, 0.2) is 0 Å². The molecule has 0 aliphatic carbocycles. The highest BCUT2D eigenvalue weighted by atomic mass is 32.2. The molecule has 2 heterocycles. The van der Waals surface area contributed by atoms with E-state index >= 15 is 0 Å². The van der Waals surface area contributed by atoms with E-state index in [0.29, 0.717) is 5.25 Å². The number of pyridine rings is 1. The van der Waals surface area contributed by atoms with Gasteiger partial charge in [0.25, 0.3) is 0 Å². The Hall–Kier alpha value is -0.710. The smallest absolute Gasteiger partial charge is 0.0925 e. The normalized spacial score (nSPS) is 25.4. The van der Waals surface area contributed by atoms with Crippen LogP contribution >= 0.6 is 23.5 Å². The van der Waals surface area contributed by atoms with Gasteiger partial charge in [-0.2, -0.15) is 23.5 Å². The molecule has 0 spiro atoms. The van der Waals surface area contributed by atoms with Gasteiger partial charge in [0, 0.05) is 39.8 Å². The second-order valence-electron chi connectivity index (χ2n) is 4.80. The number of thioether (sulfide) groups is 2. The highest BCUT2D eigenvalue weighted by Crippen LogP contribution is 2.40. The molecule has 0 saturated carbocycles. The van der Waals surface area contributed by atoms with Gasteiger partial charge >= 0.3 is 0 Å². The fourth-order valence-electron chi connectivity index (χ4n) is 2.57. The first-order chi connectivity index (χ1) is 9.27. The molecule has 1 N–H and O–H groups in total. The zero-order valence-electron chi connectivity index (χ0n) is 10.8. The molecular formula is C15H17NOS2. The summed E-state index contributed by atoms with van der Waals surface area (Å²) in [5.41, 5.74) is 1.01. The number of aliphatic hydroxyl groups is 1. The number of nitrogens with zero attached hydrogens (tertiary/aromatic N) is 1. The van der Waals surface area contributed by atoms with Gasteiger partial charge in [-0.05, 0) is 17.0 Å². The summed E-state index contributed by atoms with van der Waals surface area (Å²) in [6, 6.07) is 8.12. The molecule has 1 aliphatic rings. The Labute approximate surface area is 122 Å². The Morgan fingerprint density at radius 2 is 2.11 bits per heavy atom. The summed E-state index contributed by atoms with van der Waals surface area (Å²) < 4.78 is 0. The predicted molar refractivity (Wildman–Crippen MR) is 84.9 cm³/mol. The molecule has 3 atom stereocenters. The number of hydrogen-bond donors (Lipinski definition) is 1. The van der Waals surface area contributed by atoms with Gasteiger partial charge < -0.3 is 5.11 Å². The molecule has 1 aliphatic heterocycles. The number of benzene rings is 1. The van der Waals surface area contributed by atoms with Crippen molar-refractivity contribution in [1.82, 2.24) is 4.98 Å². The molecule has 0 bridgehead atoms. The van der Waals surface area contributed by atoms with E-state index in [4.69, 9.17) is 0 Å². The summed E-state index contributed by atoms with van der Waals surface area (Å²) in [5, 5.41) is 13.7. The summed E-state index contributed by atoms with van der Waals surface area (Å²) in [6.07, 6.45) is 3.24. The maximum absolute atomic E-state index is 10.8. The first kappa shape index (κ1) is 13.3. The van der Waals surface area contributed by atoms with E-state index < -0.39 is 6.10 Å². The first-order valence-corrected chi connectivity index (χ1v) is 8.61. The second kappa shape index (κ2) is 5.73. The first-order valence-electron chi connectivity index (χ1n) is 6.51. The van der Waals surface area contributed by atoms with Crippen LogP contribution in [0, 0.1) is 0 Å². The minimum Gasteiger partial charge on any atom is -0.387 e. The van der Waals surface area contributed by atoms with Crippen LogP contribution in [-0.2, 0) is 0 Å². The lowest BCUT2D eigenvalue weighted by Crippen LogP contribution is -2.29. The van der Waals surface area contributed by atoms with E-state index in [1.54, 1.807) is 6.20 Å². The van der Waals surface area contributed by atoms with Crippen LogP contribution < -0.4 is 0 Å². The minimum absolute atomic E-state index is 0.268. The molecular weight excluding hydrogens is 274 g/mol. The molecule has 3 rings (SSSR count). The molecule has 2 aromatic rings. The van der Waals surface area contributed by atoms with Gasteiger partial charge in [0.1, 0.15) is 0 Å². The van der Waals surface area contributed by atoms with Crippen molar-refractivity contribution in [3.8, 4) is 0 Å². The molecule has 2 nitrogen and oxygen atoms in total. The lowest BCUT2D eigenvalue weighted by molar-refractivity contribution is 0.175. The van der Waals surface area contributed by atoms with Gasteiger partial charge in [-0.3, -0.25) is 4.98 Å². The van der Waals surface area contributed by atoms with Crippen LogP contribution in [0.2, 0.25) is 0 Å². The van der Waals surface area contributed by atoms with E-state index in [1.165, 1.54) is 5.75 Å². The van der Waals surface area contributed by atoms with E-state index in [1.807, 2.05) is 47.9 Å². The van der Waals surface area contributed by atoms with Crippen molar-refractivity contribution < 1.29 is 5.11 Å². The van der Waals surface area contributed by atoms with Gasteiger partial charge in [0.05, 0.1) is 6.10 Å². The SMILES string of the molecule is CC1SCCSC1C(O)c1cccc2ccncc12. The van der Waals surface area contributed by atoms with E-state index in [-0.39, 0.29) is 5.25 Å². The Morgan fingerprint density at radius 3 is 2.95 bits per heavy atom. The van der Waals surface area contributed by atoms with Gasteiger partial charge in [0.2, 0.25) is 0 Å². The molecule has 1 saturated heterocycles. The average Bonchev–Trinajstić information content (AvgIpc) is 2.46. The third-order valence-electron chi connectivity index (χ3n) is 3.58. The van der Waals surface area contributed by atoms with Crippen LogP contribution in [-0.4, -0.2) is 32.1 Å². The zero-order chi connectivity index (χ0) is 13.2. The summed E-state index contributed by atoms with van der Waals surface area (Å²) in [5.74, 6) is 2.31. The van der Waals surface area contributed by atoms with E-state index in [9.17, 15) is 5.11 Å². The molecule has 1 aromatic carbocycles. The van der Waals surface area contributed by atoms with E-state index in [2.05, 4.69) is 18.0 Å². The molecule has 1 aromatic heterocycles. The van der Waals surface area contributed by atoms with Crippen LogP contribution in [0.15, 0.2) is 36.7 Å². The third-order valence-corrected chi connectivity index (χ3v) is 6.76. The molecule has 19 heavy (non-hydrogen) atoms. The molecule has 0 amide bonds. The van der Waals surface area contributed by atoms with Crippen LogP contribution in [0.5, 0.6) is 0 Å². The van der Waals surface area contributed by atoms with Crippen molar-refractivity contribution in [3.63, 3.8) is 0 Å². The Kier molecular flexibility index (Phi) is 4.01. The van der Waals surface area contributed by atoms with Crippen LogP contribution in [0.4, 0.5) is 0 Å². The van der Waals surface area contributed by atoms with Crippen molar-refractivity contribution in [2.24, 2.45) is 0 Å². The summed E-state index contributed by atoms with van der Waals surface area (Å²) in [7, 11) is 0. The average molecular weight is 291 g/mol.